The molecule has 2 heterocycles. The van der Waals surface area contributed by atoms with Gasteiger partial charge in [0.15, 0.2) is 12.0 Å². The molecular weight excluding hydrogens is 150 g/mol. The van der Waals surface area contributed by atoms with Crippen molar-refractivity contribution in [2.24, 2.45) is 0 Å². The molecule has 0 bridgehead atoms. The molecule has 0 unspecified atom stereocenters. The first-order valence-corrected chi connectivity index (χ1v) is 3.62. The summed E-state index contributed by atoms with van der Waals surface area (Å²) >= 11 is 1.43. The Hall–Kier alpha value is -1.16. The first-order valence-electron chi connectivity index (χ1n) is 2.67. The number of rotatable bonds is 0. The molecule has 0 radical (unpaired) electrons. The van der Waals surface area contributed by atoms with Crippen LogP contribution in [0.2, 0.25) is 0 Å². The number of hydrogen-bond acceptors (Lipinski definition) is 4. The zero-order valence-electron chi connectivity index (χ0n) is 4.90. The lowest BCUT2D eigenvalue weighted by Gasteiger charge is -1.81. The summed E-state index contributed by atoms with van der Waals surface area (Å²) in [7, 11) is 0. The summed E-state index contributed by atoms with van der Waals surface area (Å²) in [5, 5.41) is 4.07. The van der Waals surface area contributed by atoms with E-state index in [-0.39, 0.29) is 5.56 Å². The van der Waals surface area contributed by atoms with Crippen molar-refractivity contribution in [2.45, 2.75) is 0 Å². The van der Waals surface area contributed by atoms with Crippen LogP contribution in [0.4, 0.5) is 0 Å². The Balaban J connectivity index is 3.09. The van der Waals surface area contributed by atoms with Gasteiger partial charge in [0.2, 0.25) is 0 Å². The van der Waals surface area contributed by atoms with E-state index in [0.717, 1.165) is 6.39 Å². The molecule has 0 aliphatic heterocycles. The van der Waals surface area contributed by atoms with Gasteiger partial charge >= 0.3 is 0 Å². The molecule has 0 aromatic carbocycles. The third kappa shape index (κ3) is 0.657. The Morgan fingerprint density at radius 1 is 1.50 bits per heavy atom. The summed E-state index contributed by atoms with van der Waals surface area (Å²) in [6.45, 7) is 0. The number of hydrogen-bond donors (Lipinski definition) is 0. The van der Waals surface area contributed by atoms with Crippen LogP contribution in [0.3, 0.4) is 0 Å². The van der Waals surface area contributed by atoms with Crippen LogP contribution >= 0.6 is 11.3 Å². The minimum atomic E-state index is -0.220. The molecule has 4 heteroatoms. The van der Waals surface area contributed by atoms with Gasteiger partial charge in [0.05, 0.1) is 5.39 Å². The topological polar surface area (TPSA) is 43.1 Å². The highest BCUT2D eigenvalue weighted by atomic mass is 32.1. The van der Waals surface area contributed by atoms with Gasteiger partial charge in [-0.3, -0.25) is 4.79 Å². The fourth-order valence-electron chi connectivity index (χ4n) is 0.733. The summed E-state index contributed by atoms with van der Waals surface area (Å²) in [5.41, 5.74) is 0.396. The van der Waals surface area contributed by atoms with Crippen LogP contribution < -0.4 is 5.56 Å². The van der Waals surface area contributed by atoms with Gasteiger partial charge in [-0.15, -0.1) is 11.3 Å². The molecule has 0 saturated carbocycles. The van der Waals surface area contributed by atoms with Gasteiger partial charge in [0.1, 0.15) is 0 Å². The van der Waals surface area contributed by atoms with Crippen molar-refractivity contribution in [3.05, 3.63) is 27.5 Å². The van der Waals surface area contributed by atoms with E-state index in [0.29, 0.717) is 11.0 Å². The lowest BCUT2D eigenvalue weighted by atomic mass is 10.4. The minimum Gasteiger partial charge on any atom is -0.444 e. The van der Waals surface area contributed by atoms with E-state index in [1.54, 1.807) is 10.8 Å². The van der Waals surface area contributed by atoms with Crippen LogP contribution in [0.25, 0.3) is 11.0 Å². The van der Waals surface area contributed by atoms with Crippen molar-refractivity contribution < 1.29 is 4.42 Å². The van der Waals surface area contributed by atoms with Gasteiger partial charge in [0, 0.05) is 10.8 Å². The van der Waals surface area contributed by atoms with Crippen molar-refractivity contribution in [3.63, 3.8) is 0 Å². The predicted octanol–water partition coefficient (Wildman–Crippen LogP) is 1.25. The SMILES string of the molecule is O=c1ncoc2cscc12. The summed E-state index contributed by atoms with van der Waals surface area (Å²) in [6, 6.07) is 0. The smallest absolute Gasteiger partial charge is 0.284 e. The molecule has 0 aliphatic rings. The number of aromatic nitrogens is 1. The quantitative estimate of drug-likeness (QED) is 0.572. The standard InChI is InChI=1S/C6H3NO2S/c8-6-4-1-10-2-5(4)9-3-7-6/h1-3H. The molecule has 2 rings (SSSR count). The monoisotopic (exact) mass is 153 g/mol. The van der Waals surface area contributed by atoms with E-state index in [2.05, 4.69) is 4.98 Å². The highest BCUT2D eigenvalue weighted by Gasteiger charge is 1.98. The maximum absolute atomic E-state index is 10.9. The molecule has 0 fully saturated rings. The second-order valence-electron chi connectivity index (χ2n) is 1.81. The van der Waals surface area contributed by atoms with Crippen LogP contribution in [0.15, 0.2) is 26.4 Å². The molecule has 0 saturated heterocycles. The predicted molar refractivity (Wildman–Crippen MR) is 38.2 cm³/mol. The third-order valence-corrected chi connectivity index (χ3v) is 1.93. The zero-order valence-corrected chi connectivity index (χ0v) is 5.72. The lowest BCUT2D eigenvalue weighted by Crippen LogP contribution is -2.01. The van der Waals surface area contributed by atoms with Gasteiger partial charge in [-0.2, -0.15) is 4.98 Å². The van der Waals surface area contributed by atoms with Crippen LogP contribution in [0, 0.1) is 0 Å². The number of nitrogens with zero attached hydrogens (tertiary/aromatic N) is 1. The van der Waals surface area contributed by atoms with E-state index in [4.69, 9.17) is 4.42 Å². The van der Waals surface area contributed by atoms with Gasteiger partial charge in [-0.25, -0.2) is 0 Å². The Kier molecular flexibility index (Phi) is 1.07. The number of thiophene rings is 1. The molecule has 10 heavy (non-hydrogen) atoms. The van der Waals surface area contributed by atoms with Gasteiger partial charge < -0.3 is 4.42 Å². The molecule has 0 N–H and O–H groups in total. The van der Waals surface area contributed by atoms with E-state index in [1.807, 2.05) is 0 Å². The Labute approximate surface area is 59.9 Å². The third-order valence-electron chi connectivity index (χ3n) is 1.21. The second-order valence-corrected chi connectivity index (χ2v) is 2.55. The average Bonchev–Trinajstić information content (AvgIpc) is 2.36. The largest absolute Gasteiger partial charge is 0.444 e. The van der Waals surface area contributed by atoms with Crippen molar-refractivity contribution >= 4 is 22.3 Å². The molecule has 0 aliphatic carbocycles. The summed E-state index contributed by atoms with van der Waals surface area (Å²) in [5.74, 6) is 0. The minimum absolute atomic E-state index is 0.220. The molecule has 2 aromatic rings. The van der Waals surface area contributed by atoms with Crippen LogP contribution in [-0.2, 0) is 0 Å². The molecular formula is C6H3NO2S. The molecule has 2 aromatic heterocycles. The summed E-state index contributed by atoms with van der Waals surface area (Å²) in [6.07, 6.45) is 1.16. The molecule has 3 nitrogen and oxygen atoms in total. The van der Waals surface area contributed by atoms with Crippen molar-refractivity contribution in [1.82, 2.24) is 4.98 Å². The fourth-order valence-corrected chi connectivity index (χ4v) is 1.46. The van der Waals surface area contributed by atoms with E-state index in [9.17, 15) is 4.79 Å². The second kappa shape index (κ2) is 1.91. The maximum atomic E-state index is 10.9. The highest BCUT2D eigenvalue weighted by Crippen LogP contribution is 2.12. The summed E-state index contributed by atoms with van der Waals surface area (Å²) in [4.78, 5) is 14.3. The first-order chi connectivity index (χ1) is 4.88. The van der Waals surface area contributed by atoms with Crippen LogP contribution in [0.5, 0.6) is 0 Å². The molecule has 0 atom stereocenters. The molecule has 50 valence electrons. The van der Waals surface area contributed by atoms with E-state index in [1.165, 1.54) is 11.3 Å². The first kappa shape index (κ1) is 5.61. The molecule has 0 amide bonds. The van der Waals surface area contributed by atoms with Crippen molar-refractivity contribution in [1.29, 1.82) is 0 Å². The van der Waals surface area contributed by atoms with Crippen molar-refractivity contribution in [3.8, 4) is 0 Å². The Bertz CT molecular complexity index is 403. The zero-order chi connectivity index (χ0) is 6.97. The van der Waals surface area contributed by atoms with Crippen LogP contribution in [0.1, 0.15) is 0 Å². The summed E-state index contributed by atoms with van der Waals surface area (Å²) < 4.78 is 4.93. The van der Waals surface area contributed by atoms with Gasteiger partial charge in [-0.05, 0) is 0 Å². The lowest BCUT2D eigenvalue weighted by molar-refractivity contribution is 0.578. The maximum Gasteiger partial charge on any atom is 0.284 e. The van der Waals surface area contributed by atoms with E-state index >= 15 is 0 Å². The average molecular weight is 153 g/mol. The van der Waals surface area contributed by atoms with Gasteiger partial charge in [0.25, 0.3) is 5.56 Å². The Morgan fingerprint density at radius 3 is 3.20 bits per heavy atom. The Morgan fingerprint density at radius 2 is 2.40 bits per heavy atom. The fraction of sp³-hybridized carbons (Fsp3) is 0. The molecule has 0 spiro atoms. The van der Waals surface area contributed by atoms with Crippen LogP contribution in [-0.4, -0.2) is 4.98 Å². The highest BCUT2D eigenvalue weighted by molar-refractivity contribution is 7.09. The van der Waals surface area contributed by atoms with Crippen molar-refractivity contribution in [2.75, 3.05) is 0 Å². The van der Waals surface area contributed by atoms with E-state index < -0.39 is 0 Å². The number of fused-ring (bicyclic) bond motifs is 1. The van der Waals surface area contributed by atoms with Gasteiger partial charge in [-0.1, -0.05) is 0 Å². The normalized spacial score (nSPS) is 10.4.